The van der Waals surface area contributed by atoms with E-state index in [2.05, 4.69) is 43.5 Å². The summed E-state index contributed by atoms with van der Waals surface area (Å²) < 4.78 is 33.3. The molecule has 12 nitrogen and oxygen atoms in total. The van der Waals surface area contributed by atoms with Crippen LogP contribution in [0.3, 0.4) is 0 Å². The Hall–Kier alpha value is -2.53. The molecule has 2 atom stereocenters. The van der Waals surface area contributed by atoms with E-state index in [1.807, 2.05) is 0 Å². The Labute approximate surface area is 351 Å². The number of aliphatic carboxylic acids is 1. The molecule has 0 rings (SSSR count). The van der Waals surface area contributed by atoms with E-state index in [1.165, 1.54) is 77.0 Å². The zero-order valence-electron chi connectivity index (χ0n) is 36.4. The normalized spacial score (nSPS) is 13.2. The average molecular weight is 844 g/mol. The number of allylic oxidation sites excluding steroid dienone is 4. The number of ether oxygens (including phenoxy) is 2. The molecular weight excluding hydrogens is 761 g/mol. The van der Waals surface area contributed by atoms with Crippen LogP contribution in [0.4, 0.5) is 0 Å². The smallest absolute Gasteiger partial charge is 0.472 e. The monoisotopic (exact) mass is 844 g/mol. The highest BCUT2D eigenvalue weighted by molar-refractivity contribution is 7.47. The predicted octanol–water partition coefficient (Wildman–Crippen LogP) is 11.6. The molecule has 13 heteroatoms. The van der Waals surface area contributed by atoms with Gasteiger partial charge in [-0.25, -0.2) is 4.57 Å². The number of carboxylic acids is 1. The fourth-order valence-corrected chi connectivity index (χ4v) is 6.93. The third kappa shape index (κ3) is 41.6. The number of carbonyl (C=O) groups excluding carboxylic acids is 3. The van der Waals surface area contributed by atoms with Gasteiger partial charge in [0.15, 0.2) is 6.10 Å². The van der Waals surface area contributed by atoms with Gasteiger partial charge in [0.05, 0.1) is 19.6 Å². The number of esters is 2. The van der Waals surface area contributed by atoms with Crippen LogP contribution in [-0.2, 0) is 42.3 Å². The highest BCUT2D eigenvalue weighted by atomic mass is 31.2. The first-order valence-electron chi connectivity index (χ1n) is 22.8. The number of phosphoric ester groups is 1. The lowest BCUT2D eigenvalue weighted by molar-refractivity contribution is -0.161. The topological polar surface area (TPSA) is 175 Å². The van der Waals surface area contributed by atoms with Gasteiger partial charge in [0.1, 0.15) is 6.61 Å². The molecule has 0 bridgehead atoms. The molecule has 338 valence electrons. The van der Waals surface area contributed by atoms with E-state index in [9.17, 15) is 28.6 Å². The Kier molecular flexibility index (Phi) is 39.4. The standard InChI is InChI=1S/C45H82NO11P/c1-3-5-7-9-11-13-15-17-19-21-23-25-27-29-31-33-44(50)54-39-41(40-56-58(52,53)55-38-37-46-42(47)35-36-43(48)49)57-45(51)34-32-30-28-26-24-22-20-18-16-14-12-10-8-6-4-2/h17-20,41H,3-16,21-40H2,1-2H3,(H,46,47)(H,48,49)(H,52,53)/b19-17-,20-18-/t41-/m1/s1. The highest BCUT2D eigenvalue weighted by Crippen LogP contribution is 2.43. The summed E-state index contributed by atoms with van der Waals surface area (Å²) in [4.78, 5) is 57.6. The quantitative estimate of drug-likeness (QED) is 0.0230. The van der Waals surface area contributed by atoms with Crippen molar-refractivity contribution >= 4 is 31.6 Å². The van der Waals surface area contributed by atoms with Crippen molar-refractivity contribution in [2.24, 2.45) is 0 Å². The summed E-state index contributed by atoms with van der Waals surface area (Å²) in [5.74, 6) is -2.62. The van der Waals surface area contributed by atoms with E-state index >= 15 is 0 Å². The lowest BCUT2D eigenvalue weighted by Crippen LogP contribution is -2.30. The lowest BCUT2D eigenvalue weighted by atomic mass is 10.1. The van der Waals surface area contributed by atoms with E-state index in [0.29, 0.717) is 12.8 Å². The second kappa shape index (κ2) is 41.2. The van der Waals surface area contributed by atoms with Gasteiger partial charge in [0.25, 0.3) is 0 Å². The van der Waals surface area contributed by atoms with Gasteiger partial charge in [0, 0.05) is 25.8 Å². The Morgan fingerprint density at radius 2 is 0.983 bits per heavy atom. The van der Waals surface area contributed by atoms with Gasteiger partial charge in [-0.2, -0.15) is 0 Å². The number of carboxylic acid groups (broad SMARTS) is 1. The molecule has 0 saturated heterocycles. The molecule has 1 amide bonds. The molecule has 0 aromatic rings. The molecule has 3 N–H and O–H groups in total. The predicted molar refractivity (Wildman–Crippen MR) is 231 cm³/mol. The minimum Gasteiger partial charge on any atom is -0.481 e. The maximum absolute atomic E-state index is 12.7. The Morgan fingerprint density at radius 3 is 1.45 bits per heavy atom. The minimum absolute atomic E-state index is 0.144. The lowest BCUT2D eigenvalue weighted by Gasteiger charge is -2.20. The number of hydrogen-bond donors (Lipinski definition) is 3. The maximum atomic E-state index is 12.7. The number of unbranched alkanes of at least 4 members (excludes halogenated alkanes) is 22. The summed E-state index contributed by atoms with van der Waals surface area (Å²) in [5.41, 5.74) is 0. The van der Waals surface area contributed by atoms with E-state index in [-0.39, 0.29) is 45.4 Å². The fourth-order valence-electron chi connectivity index (χ4n) is 6.17. The van der Waals surface area contributed by atoms with Gasteiger partial charge >= 0.3 is 25.7 Å². The second-order valence-corrected chi connectivity index (χ2v) is 16.8. The molecule has 1 unspecified atom stereocenters. The molecule has 0 aliphatic rings. The number of phosphoric acid groups is 1. The van der Waals surface area contributed by atoms with Crippen LogP contribution in [0, 0.1) is 0 Å². The summed E-state index contributed by atoms with van der Waals surface area (Å²) in [6, 6.07) is 0. The zero-order chi connectivity index (χ0) is 42.8. The van der Waals surface area contributed by atoms with Crippen molar-refractivity contribution in [1.82, 2.24) is 5.32 Å². The van der Waals surface area contributed by atoms with Gasteiger partial charge in [-0.05, 0) is 64.2 Å². The number of nitrogens with one attached hydrogen (secondary N) is 1. The van der Waals surface area contributed by atoms with Gasteiger partial charge < -0.3 is 24.8 Å². The third-order valence-electron chi connectivity index (χ3n) is 9.68. The summed E-state index contributed by atoms with van der Waals surface area (Å²) in [7, 11) is -4.61. The number of hydrogen-bond acceptors (Lipinski definition) is 9. The van der Waals surface area contributed by atoms with Crippen LogP contribution >= 0.6 is 7.82 Å². The van der Waals surface area contributed by atoms with Gasteiger partial charge in [-0.15, -0.1) is 0 Å². The molecule has 0 aliphatic heterocycles. The molecular formula is C45H82NO11P. The summed E-state index contributed by atoms with van der Waals surface area (Å²) in [6.45, 7) is 3.07. The van der Waals surface area contributed by atoms with Crippen LogP contribution in [0.2, 0.25) is 0 Å². The van der Waals surface area contributed by atoms with Gasteiger partial charge in [0.2, 0.25) is 5.91 Å². The van der Waals surface area contributed by atoms with Crippen LogP contribution in [0.25, 0.3) is 0 Å². The van der Waals surface area contributed by atoms with Crippen molar-refractivity contribution in [3.63, 3.8) is 0 Å². The van der Waals surface area contributed by atoms with E-state index < -0.39 is 44.3 Å². The first kappa shape index (κ1) is 55.5. The van der Waals surface area contributed by atoms with Crippen LogP contribution in [0.5, 0.6) is 0 Å². The molecule has 0 radical (unpaired) electrons. The minimum atomic E-state index is -4.61. The summed E-state index contributed by atoms with van der Waals surface area (Å²) in [5, 5.41) is 11.1. The molecule has 0 fully saturated rings. The SMILES string of the molecule is CCCCCCCC/C=C\CCCCCCCC(=O)OC[C@H](COP(=O)(O)OCCNC(=O)CCC(=O)O)OC(=O)CCCCCCC/C=C\CCCCCCCC. The van der Waals surface area contributed by atoms with Crippen molar-refractivity contribution in [3.05, 3.63) is 24.3 Å². The van der Waals surface area contributed by atoms with E-state index in [0.717, 1.165) is 77.0 Å². The Balaban J connectivity index is 4.52. The Bertz CT molecular complexity index is 1130. The summed E-state index contributed by atoms with van der Waals surface area (Å²) in [6.07, 6.45) is 37.5. The number of rotatable bonds is 43. The van der Waals surface area contributed by atoms with Crippen LogP contribution in [0.1, 0.15) is 206 Å². The van der Waals surface area contributed by atoms with Crippen molar-refractivity contribution in [2.45, 2.75) is 213 Å². The first-order valence-corrected chi connectivity index (χ1v) is 24.3. The largest absolute Gasteiger partial charge is 0.481 e. The summed E-state index contributed by atoms with van der Waals surface area (Å²) >= 11 is 0. The van der Waals surface area contributed by atoms with Crippen molar-refractivity contribution in [2.75, 3.05) is 26.4 Å². The number of amides is 1. The fraction of sp³-hybridized carbons (Fsp3) is 0.822. The number of carbonyl (C=O) groups is 4. The van der Waals surface area contributed by atoms with Crippen molar-refractivity contribution in [1.29, 1.82) is 0 Å². The van der Waals surface area contributed by atoms with Gasteiger partial charge in [-0.1, -0.05) is 141 Å². The van der Waals surface area contributed by atoms with E-state index in [4.69, 9.17) is 23.6 Å². The zero-order valence-corrected chi connectivity index (χ0v) is 37.3. The second-order valence-electron chi connectivity index (χ2n) is 15.3. The highest BCUT2D eigenvalue weighted by Gasteiger charge is 2.26. The molecule has 0 heterocycles. The van der Waals surface area contributed by atoms with Gasteiger partial charge in [-0.3, -0.25) is 28.2 Å². The molecule has 0 aromatic carbocycles. The van der Waals surface area contributed by atoms with Crippen LogP contribution < -0.4 is 5.32 Å². The van der Waals surface area contributed by atoms with Crippen molar-refractivity contribution < 1.29 is 52.3 Å². The maximum Gasteiger partial charge on any atom is 0.472 e. The Morgan fingerprint density at radius 1 is 0.552 bits per heavy atom. The molecule has 0 aromatic heterocycles. The molecule has 58 heavy (non-hydrogen) atoms. The van der Waals surface area contributed by atoms with Crippen LogP contribution in [-0.4, -0.2) is 66.3 Å². The average Bonchev–Trinajstić information content (AvgIpc) is 3.19. The first-order chi connectivity index (χ1) is 28.1. The molecule has 0 spiro atoms. The third-order valence-corrected chi connectivity index (χ3v) is 10.7. The molecule has 0 saturated carbocycles. The van der Waals surface area contributed by atoms with Crippen LogP contribution in [0.15, 0.2) is 24.3 Å². The molecule has 0 aliphatic carbocycles. The van der Waals surface area contributed by atoms with E-state index in [1.54, 1.807) is 0 Å². The van der Waals surface area contributed by atoms with Crippen molar-refractivity contribution in [3.8, 4) is 0 Å².